The number of nitrogens with zero attached hydrogens (tertiary/aromatic N) is 1. The van der Waals surface area contributed by atoms with Gasteiger partial charge in [-0.2, -0.15) is 0 Å². The summed E-state index contributed by atoms with van der Waals surface area (Å²) in [5, 5.41) is 10.5. The van der Waals surface area contributed by atoms with E-state index in [-0.39, 0.29) is 18.4 Å². The molecular weight excluding hydrogens is 292 g/mol. The number of methoxy groups -OCH3 is 1. The number of H-pyrrole nitrogens is 1. The number of aromatic amines is 1. The third kappa shape index (κ3) is 2.03. The zero-order chi connectivity index (χ0) is 16.2. The third-order valence-electron chi connectivity index (χ3n) is 5.69. The van der Waals surface area contributed by atoms with Crippen LogP contribution < -0.4 is 0 Å². The van der Waals surface area contributed by atoms with Gasteiger partial charge in [0, 0.05) is 43.2 Å². The summed E-state index contributed by atoms with van der Waals surface area (Å²) in [6, 6.07) is 6.54. The van der Waals surface area contributed by atoms with Crippen LogP contribution in [0, 0.1) is 5.92 Å². The molecule has 2 heterocycles. The number of likely N-dealkylation sites (N-methyl/N-ethyl adjacent to an activating group) is 1. The summed E-state index contributed by atoms with van der Waals surface area (Å²) in [4.78, 5) is 16.9. The Kier molecular flexibility index (Phi) is 3.25. The maximum Gasteiger partial charge on any atom is 0.303 e. The fourth-order valence-electron chi connectivity index (χ4n) is 4.82. The van der Waals surface area contributed by atoms with Crippen molar-refractivity contribution in [3.05, 3.63) is 35.5 Å². The summed E-state index contributed by atoms with van der Waals surface area (Å²) >= 11 is 0. The molecule has 0 spiro atoms. The molecule has 4 rings (SSSR count). The van der Waals surface area contributed by atoms with Crippen LogP contribution in [-0.2, 0) is 21.6 Å². The highest BCUT2D eigenvalue weighted by atomic mass is 16.5. The molecule has 0 amide bonds. The number of fused-ring (bicyclic) bond motifs is 2. The Morgan fingerprint density at radius 2 is 2.35 bits per heavy atom. The normalized spacial score (nSPS) is 30.3. The summed E-state index contributed by atoms with van der Waals surface area (Å²) in [5.41, 5.74) is 3.24. The van der Waals surface area contributed by atoms with Crippen molar-refractivity contribution in [2.24, 2.45) is 5.92 Å². The molecule has 0 unspecified atom stereocenters. The van der Waals surface area contributed by atoms with Gasteiger partial charge in [0.1, 0.15) is 5.60 Å². The van der Waals surface area contributed by atoms with Crippen molar-refractivity contribution in [1.29, 1.82) is 0 Å². The molecule has 1 aliphatic heterocycles. The number of likely N-dealkylation sites (tertiary alicyclic amines) is 1. The first kappa shape index (κ1) is 14.7. The van der Waals surface area contributed by atoms with E-state index in [0.29, 0.717) is 0 Å². The van der Waals surface area contributed by atoms with Crippen LogP contribution in [0.2, 0.25) is 0 Å². The second kappa shape index (κ2) is 5.08. The van der Waals surface area contributed by atoms with E-state index in [1.807, 2.05) is 0 Å². The van der Waals surface area contributed by atoms with Gasteiger partial charge in [-0.1, -0.05) is 12.1 Å². The number of aliphatic carboxylic acids is 1. The number of rotatable bonds is 3. The number of nitrogens with one attached hydrogen (secondary N) is 1. The Bertz CT molecular complexity index is 769. The Balaban J connectivity index is 1.87. The molecule has 0 bridgehead atoms. The predicted octanol–water partition coefficient (Wildman–Crippen LogP) is 2.36. The van der Waals surface area contributed by atoms with Gasteiger partial charge in [0.15, 0.2) is 0 Å². The van der Waals surface area contributed by atoms with E-state index in [9.17, 15) is 9.90 Å². The van der Waals surface area contributed by atoms with Crippen molar-refractivity contribution >= 4 is 16.9 Å². The molecule has 0 radical (unpaired) electrons. The largest absolute Gasteiger partial charge is 0.481 e. The molecule has 1 fully saturated rings. The molecular formula is C18H22N2O3. The average Bonchev–Trinajstić information content (AvgIpc) is 2.93. The molecule has 2 aliphatic rings. The molecule has 1 saturated heterocycles. The second-order valence-corrected chi connectivity index (χ2v) is 6.96. The zero-order valence-electron chi connectivity index (χ0n) is 13.5. The lowest BCUT2D eigenvalue weighted by Gasteiger charge is -2.53. The molecule has 2 aromatic rings. The number of carbonyl (C=O) groups is 1. The number of carboxylic acids is 1. The quantitative estimate of drug-likeness (QED) is 0.913. The van der Waals surface area contributed by atoms with E-state index < -0.39 is 11.6 Å². The van der Waals surface area contributed by atoms with Crippen LogP contribution in [0.5, 0.6) is 0 Å². The molecule has 5 nitrogen and oxygen atoms in total. The van der Waals surface area contributed by atoms with Crippen molar-refractivity contribution in [3.8, 4) is 0 Å². The SMILES string of the molecule is CO[C@]12C[C@@H](CC(=O)O)CN(C)[C@@H]1Cc1c[nH]c3cccc2c13. The van der Waals surface area contributed by atoms with Crippen LogP contribution in [0.4, 0.5) is 0 Å². The summed E-state index contributed by atoms with van der Waals surface area (Å²) < 4.78 is 6.13. The van der Waals surface area contributed by atoms with Crippen LogP contribution in [0.25, 0.3) is 10.9 Å². The fourth-order valence-corrected chi connectivity index (χ4v) is 4.82. The van der Waals surface area contributed by atoms with E-state index in [4.69, 9.17) is 4.74 Å². The zero-order valence-corrected chi connectivity index (χ0v) is 13.5. The smallest absolute Gasteiger partial charge is 0.303 e. The maximum atomic E-state index is 11.2. The number of ether oxygens (including phenoxy) is 1. The second-order valence-electron chi connectivity index (χ2n) is 6.96. The summed E-state index contributed by atoms with van der Waals surface area (Å²) in [7, 11) is 3.85. The van der Waals surface area contributed by atoms with Crippen LogP contribution in [0.15, 0.2) is 24.4 Å². The fraction of sp³-hybridized carbons (Fsp3) is 0.500. The molecule has 122 valence electrons. The van der Waals surface area contributed by atoms with Crippen molar-refractivity contribution in [1.82, 2.24) is 9.88 Å². The monoisotopic (exact) mass is 314 g/mol. The minimum absolute atomic E-state index is 0.101. The lowest BCUT2D eigenvalue weighted by Crippen LogP contribution is -2.59. The van der Waals surface area contributed by atoms with Gasteiger partial charge in [0.2, 0.25) is 0 Å². The highest BCUT2D eigenvalue weighted by Crippen LogP contribution is 2.49. The lowest BCUT2D eigenvalue weighted by molar-refractivity contribution is -0.146. The Hall–Kier alpha value is -1.85. The summed E-state index contributed by atoms with van der Waals surface area (Å²) in [6.45, 7) is 0.803. The van der Waals surface area contributed by atoms with Gasteiger partial charge in [-0.05, 0) is 43.0 Å². The number of hydrogen-bond donors (Lipinski definition) is 2. The van der Waals surface area contributed by atoms with Gasteiger partial charge in [0.05, 0.1) is 0 Å². The minimum atomic E-state index is -0.732. The minimum Gasteiger partial charge on any atom is -0.481 e. The van der Waals surface area contributed by atoms with Gasteiger partial charge >= 0.3 is 5.97 Å². The average molecular weight is 314 g/mol. The first-order chi connectivity index (χ1) is 11.0. The highest BCUT2D eigenvalue weighted by molar-refractivity contribution is 5.88. The first-order valence-electron chi connectivity index (χ1n) is 8.12. The van der Waals surface area contributed by atoms with Crippen LogP contribution >= 0.6 is 0 Å². The number of aromatic nitrogens is 1. The maximum absolute atomic E-state index is 11.2. The molecule has 23 heavy (non-hydrogen) atoms. The van der Waals surface area contributed by atoms with Gasteiger partial charge in [-0.25, -0.2) is 0 Å². The molecule has 2 N–H and O–H groups in total. The van der Waals surface area contributed by atoms with Crippen molar-refractivity contribution in [3.63, 3.8) is 0 Å². The molecule has 3 atom stereocenters. The van der Waals surface area contributed by atoms with Crippen LogP contribution in [-0.4, -0.2) is 47.7 Å². The van der Waals surface area contributed by atoms with Gasteiger partial charge in [-0.3, -0.25) is 9.69 Å². The number of benzene rings is 1. The van der Waals surface area contributed by atoms with Crippen LogP contribution in [0.1, 0.15) is 24.0 Å². The third-order valence-corrected chi connectivity index (χ3v) is 5.69. The molecule has 0 saturated carbocycles. The highest BCUT2D eigenvalue weighted by Gasteiger charge is 2.51. The molecule has 5 heteroatoms. The molecule has 1 aromatic carbocycles. The Morgan fingerprint density at radius 3 is 3.09 bits per heavy atom. The summed E-state index contributed by atoms with van der Waals surface area (Å²) in [6.07, 6.45) is 3.98. The standard InChI is InChI=1S/C18H22N2O3/c1-20-10-11(6-16(21)22)8-18(23-2)13-4-3-5-14-17(13)12(9-19-14)7-15(18)20/h3-5,9,11,15,19H,6-8,10H2,1-2H3,(H,21,22)/t11-,15-,18+/m1/s1. The van der Waals surface area contributed by atoms with Gasteiger partial charge < -0.3 is 14.8 Å². The summed E-state index contributed by atoms with van der Waals surface area (Å²) in [5.74, 6) is -0.631. The molecule has 1 aromatic heterocycles. The van der Waals surface area contributed by atoms with Crippen molar-refractivity contribution in [2.45, 2.75) is 30.9 Å². The topological polar surface area (TPSA) is 65.6 Å². The van der Waals surface area contributed by atoms with Crippen LogP contribution in [0.3, 0.4) is 0 Å². The van der Waals surface area contributed by atoms with Crippen molar-refractivity contribution in [2.75, 3.05) is 20.7 Å². The van der Waals surface area contributed by atoms with E-state index in [0.717, 1.165) is 24.9 Å². The Labute approximate surface area is 135 Å². The Morgan fingerprint density at radius 1 is 1.52 bits per heavy atom. The predicted molar refractivity (Wildman–Crippen MR) is 87.5 cm³/mol. The van der Waals surface area contributed by atoms with Crippen molar-refractivity contribution < 1.29 is 14.6 Å². The lowest BCUT2D eigenvalue weighted by atomic mass is 9.68. The number of hydrogen-bond acceptors (Lipinski definition) is 3. The van der Waals surface area contributed by atoms with E-state index in [2.05, 4.69) is 41.3 Å². The van der Waals surface area contributed by atoms with E-state index >= 15 is 0 Å². The number of carboxylic acid groups (broad SMARTS) is 1. The molecule has 1 aliphatic carbocycles. The number of piperidine rings is 1. The van der Waals surface area contributed by atoms with E-state index in [1.54, 1.807) is 7.11 Å². The van der Waals surface area contributed by atoms with Gasteiger partial charge in [0.25, 0.3) is 0 Å². The van der Waals surface area contributed by atoms with Gasteiger partial charge in [-0.15, -0.1) is 0 Å². The first-order valence-corrected chi connectivity index (χ1v) is 8.12. The van der Waals surface area contributed by atoms with E-state index in [1.165, 1.54) is 16.5 Å².